The van der Waals surface area contributed by atoms with Crippen molar-refractivity contribution in [1.82, 2.24) is 20.6 Å². The Bertz CT molecular complexity index is 1210. The molecule has 1 saturated heterocycles. The molecule has 8 nitrogen and oxygen atoms in total. The molecule has 0 unspecified atom stereocenters. The van der Waals surface area contributed by atoms with E-state index in [-0.39, 0.29) is 23.5 Å². The molecule has 3 heterocycles. The van der Waals surface area contributed by atoms with Crippen molar-refractivity contribution < 1.29 is 14.7 Å². The van der Waals surface area contributed by atoms with Crippen LogP contribution in [0.5, 0.6) is 0 Å². The third-order valence-electron chi connectivity index (χ3n) is 6.15. The van der Waals surface area contributed by atoms with Gasteiger partial charge >= 0.3 is 5.97 Å². The van der Waals surface area contributed by atoms with Gasteiger partial charge in [-0.2, -0.15) is 0 Å². The number of carboxylic acids is 1. The molecule has 0 spiro atoms. The quantitative estimate of drug-likeness (QED) is 0.358. The van der Waals surface area contributed by atoms with Crippen LogP contribution in [0, 0.1) is 0 Å². The van der Waals surface area contributed by atoms with E-state index in [4.69, 9.17) is 4.98 Å². The van der Waals surface area contributed by atoms with Gasteiger partial charge in [0.15, 0.2) is 0 Å². The molecule has 3 aromatic rings. The second kappa shape index (κ2) is 10.4. The van der Waals surface area contributed by atoms with Gasteiger partial charge < -0.3 is 21.1 Å². The van der Waals surface area contributed by atoms with Gasteiger partial charge in [-0.05, 0) is 64.3 Å². The minimum Gasteiger partial charge on any atom is -0.480 e. The average molecular weight is 508 g/mol. The lowest BCUT2D eigenvalue weighted by atomic mass is 9.80. The summed E-state index contributed by atoms with van der Waals surface area (Å²) in [6.07, 6.45) is 3.81. The van der Waals surface area contributed by atoms with Crippen LogP contribution in [-0.4, -0.2) is 50.1 Å². The molecule has 1 aromatic carbocycles. The maximum Gasteiger partial charge on any atom is 0.326 e. The Kier molecular flexibility index (Phi) is 7.42. The highest BCUT2D eigenvalue weighted by molar-refractivity contribution is 7.17. The van der Waals surface area contributed by atoms with E-state index in [0.29, 0.717) is 16.5 Å². The van der Waals surface area contributed by atoms with Gasteiger partial charge in [0, 0.05) is 29.7 Å². The number of anilines is 1. The minimum absolute atomic E-state index is 0.00135. The highest BCUT2D eigenvalue weighted by Gasteiger charge is 2.37. The van der Waals surface area contributed by atoms with E-state index in [1.165, 1.54) is 11.3 Å². The molecule has 4 rings (SSSR count). The van der Waals surface area contributed by atoms with Crippen LogP contribution in [0.2, 0.25) is 0 Å². The molecule has 1 atom stereocenters. The van der Waals surface area contributed by atoms with Crippen LogP contribution < -0.4 is 16.0 Å². The molecule has 0 bridgehead atoms. The standard InChI is InChI=1S/C27H33N5O3S/c1-26(2)15-18(16-27(3,4)32-26)29-25-28-13-12-19(31-25)21-10-11-22(36-21)23(33)30-20(24(34)35)14-17-8-6-5-7-9-17/h5-13,18,20,32H,14-16H2,1-4H3,(H,30,33)(H,34,35)(H,28,29,31)/t20-/m0/s1. The average Bonchev–Trinajstić information content (AvgIpc) is 3.28. The lowest BCUT2D eigenvalue weighted by Gasteiger charge is -2.46. The van der Waals surface area contributed by atoms with Crippen molar-refractivity contribution in [2.45, 2.75) is 70.1 Å². The van der Waals surface area contributed by atoms with E-state index in [1.54, 1.807) is 12.3 Å². The van der Waals surface area contributed by atoms with Gasteiger partial charge in [-0.15, -0.1) is 11.3 Å². The normalized spacial score (nSPS) is 17.8. The molecule has 190 valence electrons. The summed E-state index contributed by atoms with van der Waals surface area (Å²) in [5, 5.41) is 19.4. The fraction of sp³-hybridized carbons (Fsp3) is 0.407. The van der Waals surface area contributed by atoms with Crippen molar-refractivity contribution in [2.24, 2.45) is 0 Å². The molecule has 9 heteroatoms. The number of carboxylic acid groups (broad SMARTS) is 1. The Morgan fingerprint density at radius 3 is 2.44 bits per heavy atom. The number of hydrogen-bond acceptors (Lipinski definition) is 7. The van der Waals surface area contributed by atoms with E-state index in [1.807, 2.05) is 42.5 Å². The number of benzene rings is 1. The largest absolute Gasteiger partial charge is 0.480 e. The third-order valence-corrected chi connectivity index (χ3v) is 7.25. The van der Waals surface area contributed by atoms with Gasteiger partial charge in [0.1, 0.15) is 6.04 Å². The Hall–Kier alpha value is -3.30. The number of piperidine rings is 1. The van der Waals surface area contributed by atoms with Crippen LogP contribution in [0.1, 0.15) is 55.8 Å². The van der Waals surface area contributed by atoms with Gasteiger partial charge in [-0.25, -0.2) is 14.8 Å². The van der Waals surface area contributed by atoms with Crippen molar-refractivity contribution in [1.29, 1.82) is 0 Å². The van der Waals surface area contributed by atoms with Crippen molar-refractivity contribution in [3.05, 3.63) is 65.2 Å². The fourth-order valence-corrected chi connectivity index (χ4v) is 5.93. The van der Waals surface area contributed by atoms with Crippen molar-refractivity contribution in [3.8, 4) is 10.6 Å². The number of thiophene rings is 1. The number of carbonyl (C=O) groups is 2. The van der Waals surface area contributed by atoms with Crippen molar-refractivity contribution >= 4 is 29.2 Å². The molecule has 2 aromatic heterocycles. The molecular weight excluding hydrogens is 474 g/mol. The fourth-order valence-electron chi connectivity index (χ4n) is 5.05. The minimum atomic E-state index is -1.07. The number of nitrogens with zero attached hydrogens (tertiary/aromatic N) is 2. The van der Waals surface area contributed by atoms with Gasteiger partial charge in [0.05, 0.1) is 15.4 Å². The van der Waals surface area contributed by atoms with E-state index in [0.717, 1.165) is 23.3 Å². The van der Waals surface area contributed by atoms with Crippen LogP contribution in [0.3, 0.4) is 0 Å². The Labute approximate surface area is 215 Å². The number of nitrogens with one attached hydrogen (secondary N) is 3. The molecule has 4 N–H and O–H groups in total. The summed E-state index contributed by atoms with van der Waals surface area (Å²) in [4.78, 5) is 34.9. The van der Waals surface area contributed by atoms with E-state index < -0.39 is 17.9 Å². The molecule has 36 heavy (non-hydrogen) atoms. The third kappa shape index (κ3) is 6.67. The molecule has 1 amide bonds. The van der Waals surface area contributed by atoms with Gasteiger partial charge in [-0.3, -0.25) is 4.79 Å². The maximum absolute atomic E-state index is 12.8. The topological polar surface area (TPSA) is 116 Å². The predicted octanol–water partition coefficient (Wildman–Crippen LogP) is 4.35. The molecule has 1 fully saturated rings. The van der Waals surface area contributed by atoms with E-state index >= 15 is 0 Å². The molecule has 0 saturated carbocycles. The summed E-state index contributed by atoms with van der Waals surface area (Å²) in [6, 6.07) is 13.8. The monoisotopic (exact) mass is 507 g/mol. The van der Waals surface area contributed by atoms with Crippen LogP contribution in [0.15, 0.2) is 54.7 Å². The molecular formula is C27H33N5O3S. The van der Waals surface area contributed by atoms with Gasteiger partial charge in [0.2, 0.25) is 5.95 Å². The van der Waals surface area contributed by atoms with Crippen molar-refractivity contribution in [2.75, 3.05) is 5.32 Å². The summed E-state index contributed by atoms with van der Waals surface area (Å²) < 4.78 is 0. The zero-order valence-corrected chi connectivity index (χ0v) is 21.9. The Morgan fingerprint density at radius 1 is 1.08 bits per heavy atom. The van der Waals surface area contributed by atoms with Crippen LogP contribution >= 0.6 is 11.3 Å². The molecule has 1 aliphatic rings. The lowest BCUT2D eigenvalue weighted by Crippen LogP contribution is -2.60. The molecule has 0 aliphatic carbocycles. The second-order valence-electron chi connectivity index (χ2n) is 10.6. The summed E-state index contributed by atoms with van der Waals surface area (Å²) in [7, 11) is 0. The molecule has 0 radical (unpaired) electrons. The first-order valence-corrected chi connectivity index (χ1v) is 12.9. The number of aromatic nitrogens is 2. The first kappa shape index (κ1) is 25.8. The first-order chi connectivity index (χ1) is 17.0. The Morgan fingerprint density at radius 2 is 1.78 bits per heavy atom. The van der Waals surface area contributed by atoms with E-state index in [9.17, 15) is 14.7 Å². The lowest BCUT2D eigenvalue weighted by molar-refractivity contribution is -0.139. The highest BCUT2D eigenvalue weighted by Crippen LogP contribution is 2.31. The summed E-state index contributed by atoms with van der Waals surface area (Å²) in [5.74, 6) is -0.930. The van der Waals surface area contributed by atoms with Gasteiger partial charge in [-0.1, -0.05) is 30.3 Å². The van der Waals surface area contributed by atoms with Crippen LogP contribution in [0.4, 0.5) is 5.95 Å². The maximum atomic E-state index is 12.8. The molecule has 1 aliphatic heterocycles. The summed E-state index contributed by atoms with van der Waals surface area (Å²) in [5.41, 5.74) is 1.56. The predicted molar refractivity (Wildman–Crippen MR) is 142 cm³/mol. The first-order valence-electron chi connectivity index (χ1n) is 12.1. The van der Waals surface area contributed by atoms with Crippen LogP contribution in [-0.2, 0) is 11.2 Å². The highest BCUT2D eigenvalue weighted by atomic mass is 32.1. The SMILES string of the molecule is CC1(C)CC(Nc2nccc(-c3ccc(C(=O)N[C@@H](Cc4ccccc4)C(=O)O)s3)n2)CC(C)(C)N1. The van der Waals surface area contributed by atoms with Crippen molar-refractivity contribution in [3.63, 3.8) is 0 Å². The number of rotatable bonds is 8. The number of hydrogen-bond donors (Lipinski definition) is 4. The zero-order chi connectivity index (χ0) is 25.9. The summed E-state index contributed by atoms with van der Waals surface area (Å²) in [6.45, 7) is 8.81. The zero-order valence-electron chi connectivity index (χ0n) is 21.0. The smallest absolute Gasteiger partial charge is 0.326 e. The number of aliphatic carboxylic acids is 1. The number of amides is 1. The number of carbonyl (C=O) groups excluding carboxylic acids is 1. The Balaban J connectivity index is 1.44. The second-order valence-corrected chi connectivity index (χ2v) is 11.7. The summed E-state index contributed by atoms with van der Waals surface area (Å²) >= 11 is 1.28. The van der Waals surface area contributed by atoms with Crippen LogP contribution in [0.25, 0.3) is 10.6 Å². The van der Waals surface area contributed by atoms with E-state index in [2.05, 4.69) is 48.6 Å². The van der Waals surface area contributed by atoms with Gasteiger partial charge in [0.25, 0.3) is 5.91 Å².